The SMILES string of the molecule is CC(=O)C(CCCc1cccc(Cl)c1)C(=O)O. The number of aryl methyl sites for hydroxylation is 1. The van der Waals surface area contributed by atoms with Gasteiger partial charge in [0.15, 0.2) is 0 Å². The van der Waals surface area contributed by atoms with E-state index in [-0.39, 0.29) is 5.78 Å². The lowest BCUT2D eigenvalue weighted by Gasteiger charge is -2.08. The summed E-state index contributed by atoms with van der Waals surface area (Å²) in [6.07, 6.45) is 1.77. The van der Waals surface area contributed by atoms with E-state index < -0.39 is 11.9 Å². The Morgan fingerprint density at radius 3 is 2.65 bits per heavy atom. The fourth-order valence-electron chi connectivity index (χ4n) is 1.70. The second-order valence-corrected chi connectivity index (χ2v) is 4.46. The van der Waals surface area contributed by atoms with Crippen LogP contribution in [0, 0.1) is 5.92 Å². The van der Waals surface area contributed by atoms with Crippen LogP contribution in [0.3, 0.4) is 0 Å². The first-order chi connectivity index (χ1) is 8.00. The molecule has 3 nitrogen and oxygen atoms in total. The topological polar surface area (TPSA) is 54.4 Å². The molecule has 0 aliphatic heterocycles. The van der Waals surface area contributed by atoms with Crippen molar-refractivity contribution in [3.05, 3.63) is 34.9 Å². The highest BCUT2D eigenvalue weighted by Crippen LogP contribution is 2.15. The summed E-state index contributed by atoms with van der Waals surface area (Å²) in [5.74, 6) is -2.21. The highest BCUT2D eigenvalue weighted by atomic mass is 35.5. The van der Waals surface area contributed by atoms with Crippen molar-refractivity contribution >= 4 is 23.4 Å². The number of rotatable bonds is 6. The summed E-state index contributed by atoms with van der Waals surface area (Å²) in [6.45, 7) is 1.32. The lowest BCUT2D eigenvalue weighted by atomic mass is 9.96. The molecular weight excluding hydrogens is 240 g/mol. The highest BCUT2D eigenvalue weighted by molar-refractivity contribution is 6.30. The zero-order valence-electron chi connectivity index (χ0n) is 9.65. The number of hydrogen-bond acceptors (Lipinski definition) is 2. The van der Waals surface area contributed by atoms with Gasteiger partial charge in [0, 0.05) is 5.02 Å². The van der Waals surface area contributed by atoms with E-state index in [0.29, 0.717) is 17.9 Å². The van der Waals surface area contributed by atoms with Gasteiger partial charge in [-0.05, 0) is 43.9 Å². The van der Waals surface area contributed by atoms with Crippen molar-refractivity contribution in [2.45, 2.75) is 26.2 Å². The summed E-state index contributed by atoms with van der Waals surface area (Å²) < 4.78 is 0. The van der Waals surface area contributed by atoms with Crippen LogP contribution in [0.2, 0.25) is 5.02 Å². The van der Waals surface area contributed by atoms with E-state index in [4.69, 9.17) is 16.7 Å². The van der Waals surface area contributed by atoms with Gasteiger partial charge in [-0.25, -0.2) is 0 Å². The third kappa shape index (κ3) is 4.57. The predicted molar refractivity (Wildman–Crippen MR) is 66.2 cm³/mol. The van der Waals surface area contributed by atoms with Crippen LogP contribution in [-0.2, 0) is 16.0 Å². The zero-order chi connectivity index (χ0) is 12.8. The number of carboxylic acid groups (broad SMARTS) is 1. The van der Waals surface area contributed by atoms with Gasteiger partial charge in [0.2, 0.25) is 0 Å². The second kappa shape index (κ2) is 6.40. The molecule has 0 aliphatic carbocycles. The summed E-state index contributed by atoms with van der Waals surface area (Å²) in [5, 5.41) is 9.51. The van der Waals surface area contributed by atoms with E-state index in [1.165, 1.54) is 6.92 Å². The Balaban J connectivity index is 2.46. The number of ketones is 1. The van der Waals surface area contributed by atoms with E-state index in [0.717, 1.165) is 12.0 Å². The van der Waals surface area contributed by atoms with Gasteiger partial charge >= 0.3 is 5.97 Å². The van der Waals surface area contributed by atoms with Gasteiger partial charge in [0.05, 0.1) is 0 Å². The zero-order valence-corrected chi connectivity index (χ0v) is 10.4. The molecule has 1 unspecified atom stereocenters. The first-order valence-corrected chi connectivity index (χ1v) is 5.86. The van der Waals surface area contributed by atoms with Crippen molar-refractivity contribution in [2.24, 2.45) is 5.92 Å². The van der Waals surface area contributed by atoms with Crippen LogP contribution in [-0.4, -0.2) is 16.9 Å². The molecule has 1 aromatic rings. The smallest absolute Gasteiger partial charge is 0.314 e. The van der Waals surface area contributed by atoms with Gasteiger partial charge in [0.1, 0.15) is 11.7 Å². The third-order valence-corrected chi connectivity index (χ3v) is 2.87. The molecule has 0 amide bonds. The molecule has 1 N–H and O–H groups in total. The monoisotopic (exact) mass is 254 g/mol. The number of carbonyl (C=O) groups is 2. The summed E-state index contributed by atoms with van der Waals surface area (Å²) in [6, 6.07) is 7.44. The number of hydrogen-bond donors (Lipinski definition) is 1. The van der Waals surface area contributed by atoms with Crippen LogP contribution < -0.4 is 0 Å². The Labute approximate surface area is 105 Å². The molecule has 0 saturated heterocycles. The minimum atomic E-state index is -1.04. The van der Waals surface area contributed by atoms with Crippen molar-refractivity contribution in [3.8, 4) is 0 Å². The fraction of sp³-hybridized carbons (Fsp3) is 0.385. The summed E-state index contributed by atoms with van der Waals surface area (Å²) in [5.41, 5.74) is 1.06. The average molecular weight is 255 g/mol. The Morgan fingerprint density at radius 1 is 1.41 bits per heavy atom. The standard InChI is InChI=1S/C13H15ClO3/c1-9(15)12(13(16)17)7-3-5-10-4-2-6-11(14)8-10/h2,4,6,8,12H,3,5,7H2,1H3,(H,16,17). The third-order valence-electron chi connectivity index (χ3n) is 2.64. The Kier molecular flexibility index (Phi) is 5.16. The summed E-state index contributed by atoms with van der Waals surface area (Å²) in [4.78, 5) is 21.9. The lowest BCUT2D eigenvalue weighted by Crippen LogP contribution is -2.21. The molecule has 92 valence electrons. The summed E-state index contributed by atoms with van der Waals surface area (Å²) in [7, 11) is 0. The molecule has 0 heterocycles. The van der Waals surface area contributed by atoms with E-state index in [2.05, 4.69) is 0 Å². The minimum absolute atomic E-state index is 0.288. The molecule has 0 aromatic heterocycles. The maximum atomic E-state index is 11.1. The van der Waals surface area contributed by atoms with Crippen LogP contribution in [0.4, 0.5) is 0 Å². The van der Waals surface area contributed by atoms with Gasteiger partial charge in [-0.3, -0.25) is 9.59 Å². The molecule has 0 saturated carbocycles. The predicted octanol–water partition coefficient (Wildman–Crippen LogP) is 2.95. The molecule has 0 aliphatic rings. The quantitative estimate of drug-likeness (QED) is 0.794. The van der Waals surface area contributed by atoms with Crippen LogP contribution in [0.5, 0.6) is 0 Å². The largest absolute Gasteiger partial charge is 0.481 e. The number of halogens is 1. The first-order valence-electron chi connectivity index (χ1n) is 5.48. The average Bonchev–Trinajstić information content (AvgIpc) is 2.23. The van der Waals surface area contributed by atoms with Gasteiger partial charge in [-0.1, -0.05) is 23.7 Å². The van der Waals surface area contributed by atoms with Gasteiger partial charge in [0.25, 0.3) is 0 Å². The molecule has 0 bridgehead atoms. The maximum Gasteiger partial charge on any atom is 0.314 e. The van der Waals surface area contributed by atoms with E-state index in [1.807, 2.05) is 18.2 Å². The van der Waals surface area contributed by atoms with E-state index in [9.17, 15) is 9.59 Å². The molecule has 1 rings (SSSR count). The van der Waals surface area contributed by atoms with E-state index >= 15 is 0 Å². The molecule has 17 heavy (non-hydrogen) atoms. The Bertz CT molecular complexity index is 401. The van der Waals surface area contributed by atoms with Crippen LogP contribution in [0.25, 0.3) is 0 Å². The van der Waals surface area contributed by atoms with Crippen molar-refractivity contribution in [3.63, 3.8) is 0 Å². The number of aliphatic carboxylic acids is 1. The van der Waals surface area contributed by atoms with Crippen molar-refractivity contribution < 1.29 is 14.7 Å². The van der Waals surface area contributed by atoms with Crippen molar-refractivity contribution in [1.82, 2.24) is 0 Å². The molecule has 1 atom stereocenters. The normalized spacial score (nSPS) is 12.1. The number of Topliss-reactive ketones (excluding diaryl/α,β-unsaturated/α-hetero) is 1. The Morgan fingerprint density at radius 2 is 2.12 bits per heavy atom. The maximum absolute atomic E-state index is 11.1. The second-order valence-electron chi connectivity index (χ2n) is 4.02. The number of benzene rings is 1. The minimum Gasteiger partial charge on any atom is -0.481 e. The first kappa shape index (κ1) is 13.7. The molecule has 0 spiro atoms. The van der Waals surface area contributed by atoms with E-state index in [1.54, 1.807) is 6.07 Å². The molecule has 0 radical (unpaired) electrons. The number of carboxylic acids is 1. The van der Waals surface area contributed by atoms with Crippen LogP contribution in [0.1, 0.15) is 25.3 Å². The molecule has 4 heteroatoms. The highest BCUT2D eigenvalue weighted by Gasteiger charge is 2.21. The fourth-order valence-corrected chi connectivity index (χ4v) is 1.92. The van der Waals surface area contributed by atoms with Crippen molar-refractivity contribution in [2.75, 3.05) is 0 Å². The van der Waals surface area contributed by atoms with Gasteiger partial charge < -0.3 is 5.11 Å². The number of carbonyl (C=O) groups excluding carboxylic acids is 1. The molecule has 1 aromatic carbocycles. The molecular formula is C13H15ClO3. The van der Waals surface area contributed by atoms with Crippen molar-refractivity contribution in [1.29, 1.82) is 0 Å². The lowest BCUT2D eigenvalue weighted by molar-refractivity contribution is -0.146. The molecule has 0 fully saturated rings. The summed E-state index contributed by atoms with van der Waals surface area (Å²) >= 11 is 5.84. The van der Waals surface area contributed by atoms with Crippen LogP contribution in [0.15, 0.2) is 24.3 Å². The van der Waals surface area contributed by atoms with Gasteiger partial charge in [-0.15, -0.1) is 0 Å². The van der Waals surface area contributed by atoms with Crippen LogP contribution >= 0.6 is 11.6 Å². The Hall–Kier alpha value is -1.35. The van der Waals surface area contributed by atoms with Gasteiger partial charge in [-0.2, -0.15) is 0 Å².